The Balaban J connectivity index is 0.00000364. The third kappa shape index (κ3) is 5.53. The highest BCUT2D eigenvalue weighted by Crippen LogP contribution is 2.24. The molecule has 2 N–H and O–H groups in total. The summed E-state index contributed by atoms with van der Waals surface area (Å²) in [7, 11) is 1.79. The van der Waals surface area contributed by atoms with E-state index in [9.17, 15) is 9.18 Å². The van der Waals surface area contributed by atoms with Crippen molar-refractivity contribution in [2.75, 3.05) is 13.6 Å². The number of carbonyl (C=O) groups excluding carboxylic acids is 1. The molecule has 1 amide bonds. The van der Waals surface area contributed by atoms with Crippen molar-refractivity contribution in [2.45, 2.75) is 46.1 Å². The van der Waals surface area contributed by atoms with Gasteiger partial charge < -0.3 is 10.6 Å². The summed E-state index contributed by atoms with van der Waals surface area (Å²) in [4.78, 5) is 14.6. The number of halogens is 2. The third-order valence-electron chi connectivity index (χ3n) is 4.66. The fourth-order valence-corrected chi connectivity index (χ4v) is 2.85. The molecule has 1 atom stereocenters. The number of nitrogens with two attached hydrogens (primary N) is 1. The molecule has 2 rings (SSSR count). The van der Waals surface area contributed by atoms with Crippen LogP contribution in [0.25, 0.3) is 5.69 Å². The molecule has 0 spiro atoms. The molecule has 0 radical (unpaired) electrons. The van der Waals surface area contributed by atoms with Gasteiger partial charge in [0.2, 0.25) is 0 Å². The predicted octanol–water partition coefficient (Wildman–Crippen LogP) is 4.00. The van der Waals surface area contributed by atoms with Gasteiger partial charge in [-0.3, -0.25) is 4.79 Å². The zero-order valence-electron chi connectivity index (χ0n) is 16.6. The normalized spacial score (nSPS) is 12.2. The van der Waals surface area contributed by atoms with Crippen LogP contribution in [0.1, 0.15) is 56.1 Å². The van der Waals surface area contributed by atoms with Gasteiger partial charge in [0, 0.05) is 19.6 Å². The molecule has 0 fully saturated rings. The summed E-state index contributed by atoms with van der Waals surface area (Å²) >= 11 is 0. The summed E-state index contributed by atoms with van der Waals surface area (Å²) in [6, 6.07) is 6.17. The van der Waals surface area contributed by atoms with Crippen molar-refractivity contribution in [3.05, 3.63) is 47.5 Å². The highest BCUT2D eigenvalue weighted by atomic mass is 35.5. The van der Waals surface area contributed by atoms with Crippen LogP contribution in [-0.4, -0.2) is 40.2 Å². The molecule has 0 aliphatic rings. The Kier molecular flexibility index (Phi) is 8.44. The van der Waals surface area contributed by atoms with Crippen LogP contribution in [-0.2, 0) is 0 Å². The maximum atomic E-state index is 13.2. The van der Waals surface area contributed by atoms with Crippen LogP contribution in [0.15, 0.2) is 30.5 Å². The van der Waals surface area contributed by atoms with Crippen LogP contribution < -0.4 is 5.73 Å². The van der Waals surface area contributed by atoms with Crippen LogP contribution in [0.4, 0.5) is 4.39 Å². The molecule has 5 nitrogen and oxygen atoms in total. The highest BCUT2D eigenvalue weighted by molar-refractivity contribution is 5.95. The van der Waals surface area contributed by atoms with Crippen LogP contribution in [0, 0.1) is 11.7 Å². The van der Waals surface area contributed by atoms with Crippen molar-refractivity contribution in [3.63, 3.8) is 0 Å². The van der Waals surface area contributed by atoms with E-state index in [-0.39, 0.29) is 36.1 Å². The molecule has 1 aromatic heterocycles. The Hall–Kier alpha value is -1.92. The van der Waals surface area contributed by atoms with Crippen LogP contribution >= 0.6 is 12.4 Å². The van der Waals surface area contributed by atoms with Gasteiger partial charge in [0.1, 0.15) is 5.82 Å². The molecule has 0 saturated carbocycles. The number of benzene rings is 1. The first-order chi connectivity index (χ1) is 12.2. The number of amides is 1. The molecular weight excluding hydrogens is 367 g/mol. The van der Waals surface area contributed by atoms with Gasteiger partial charge in [0.25, 0.3) is 5.91 Å². The monoisotopic (exact) mass is 396 g/mol. The Labute approximate surface area is 167 Å². The largest absolute Gasteiger partial charge is 0.342 e. The first-order valence-electron chi connectivity index (χ1n) is 9.07. The van der Waals surface area contributed by atoms with Crippen molar-refractivity contribution in [2.24, 2.45) is 11.7 Å². The quantitative estimate of drug-likeness (QED) is 0.769. The second-order valence-corrected chi connectivity index (χ2v) is 7.41. The average Bonchev–Trinajstić information content (AvgIpc) is 3.04. The Morgan fingerprint density at radius 2 is 1.81 bits per heavy atom. The van der Waals surface area contributed by atoms with Gasteiger partial charge in [0.05, 0.1) is 23.1 Å². The van der Waals surface area contributed by atoms with Crippen molar-refractivity contribution < 1.29 is 9.18 Å². The molecule has 7 heteroatoms. The first-order valence-corrected chi connectivity index (χ1v) is 9.07. The second kappa shape index (κ2) is 9.85. The minimum Gasteiger partial charge on any atom is -0.342 e. The van der Waals surface area contributed by atoms with E-state index in [2.05, 4.69) is 18.9 Å². The molecule has 0 aliphatic heterocycles. The van der Waals surface area contributed by atoms with E-state index < -0.39 is 0 Å². The molecule has 2 aromatic rings. The molecule has 1 heterocycles. The number of rotatable bonds is 7. The maximum Gasteiger partial charge on any atom is 0.257 e. The van der Waals surface area contributed by atoms with Gasteiger partial charge in [-0.05, 0) is 42.5 Å². The third-order valence-corrected chi connectivity index (χ3v) is 4.66. The van der Waals surface area contributed by atoms with Gasteiger partial charge in [0.15, 0.2) is 0 Å². The SMILES string of the molecule is CC(C)c1c(C(=O)N(C)CCC(N)C(C)C)cnn1-c1ccc(F)cc1.Cl. The van der Waals surface area contributed by atoms with E-state index in [4.69, 9.17) is 5.73 Å². The lowest BCUT2D eigenvalue weighted by Gasteiger charge is -2.22. The van der Waals surface area contributed by atoms with E-state index in [1.807, 2.05) is 13.8 Å². The van der Waals surface area contributed by atoms with E-state index in [0.717, 1.165) is 17.8 Å². The Bertz CT molecular complexity index is 743. The number of hydrogen-bond acceptors (Lipinski definition) is 3. The summed E-state index contributed by atoms with van der Waals surface area (Å²) in [5.74, 6) is 0.0984. The summed E-state index contributed by atoms with van der Waals surface area (Å²) in [6.45, 7) is 8.79. The van der Waals surface area contributed by atoms with E-state index in [1.165, 1.54) is 12.1 Å². The zero-order chi connectivity index (χ0) is 19.4. The Morgan fingerprint density at radius 3 is 2.33 bits per heavy atom. The molecule has 0 aliphatic carbocycles. The number of aromatic nitrogens is 2. The number of hydrogen-bond donors (Lipinski definition) is 1. The number of carbonyl (C=O) groups is 1. The molecule has 1 aromatic carbocycles. The van der Waals surface area contributed by atoms with Crippen molar-refractivity contribution >= 4 is 18.3 Å². The lowest BCUT2D eigenvalue weighted by molar-refractivity contribution is 0.0787. The molecule has 27 heavy (non-hydrogen) atoms. The molecular formula is C20H30ClFN4O. The van der Waals surface area contributed by atoms with Gasteiger partial charge in [-0.1, -0.05) is 27.7 Å². The van der Waals surface area contributed by atoms with Gasteiger partial charge in [-0.2, -0.15) is 5.10 Å². The van der Waals surface area contributed by atoms with Crippen LogP contribution in [0.5, 0.6) is 0 Å². The van der Waals surface area contributed by atoms with Crippen LogP contribution in [0.3, 0.4) is 0 Å². The minimum absolute atomic E-state index is 0. The minimum atomic E-state index is -0.301. The van der Waals surface area contributed by atoms with Crippen LogP contribution in [0.2, 0.25) is 0 Å². The molecule has 0 saturated heterocycles. The van der Waals surface area contributed by atoms with Gasteiger partial charge in [-0.25, -0.2) is 9.07 Å². The topological polar surface area (TPSA) is 64.2 Å². The summed E-state index contributed by atoms with van der Waals surface area (Å²) < 4.78 is 14.9. The van der Waals surface area contributed by atoms with Crippen molar-refractivity contribution in [1.82, 2.24) is 14.7 Å². The van der Waals surface area contributed by atoms with Gasteiger partial charge in [-0.15, -0.1) is 12.4 Å². The lowest BCUT2D eigenvalue weighted by atomic mass is 10.0. The summed E-state index contributed by atoms with van der Waals surface area (Å²) in [5, 5.41) is 4.39. The van der Waals surface area contributed by atoms with Crippen molar-refractivity contribution in [3.8, 4) is 5.69 Å². The highest BCUT2D eigenvalue weighted by Gasteiger charge is 2.23. The smallest absolute Gasteiger partial charge is 0.257 e. The molecule has 0 bridgehead atoms. The predicted molar refractivity (Wildman–Crippen MR) is 109 cm³/mol. The maximum absolute atomic E-state index is 13.2. The number of nitrogens with zero attached hydrogens (tertiary/aromatic N) is 3. The lowest BCUT2D eigenvalue weighted by Crippen LogP contribution is -2.35. The van der Waals surface area contributed by atoms with E-state index in [1.54, 1.807) is 35.0 Å². The summed E-state index contributed by atoms with van der Waals surface area (Å²) in [6.07, 6.45) is 2.35. The Morgan fingerprint density at radius 1 is 1.22 bits per heavy atom. The second-order valence-electron chi connectivity index (χ2n) is 7.41. The molecule has 1 unspecified atom stereocenters. The van der Waals surface area contributed by atoms with Crippen molar-refractivity contribution in [1.29, 1.82) is 0 Å². The zero-order valence-corrected chi connectivity index (χ0v) is 17.5. The van der Waals surface area contributed by atoms with Gasteiger partial charge >= 0.3 is 0 Å². The fourth-order valence-electron chi connectivity index (χ4n) is 2.85. The fraction of sp³-hybridized carbons (Fsp3) is 0.500. The molecule has 150 valence electrons. The standard InChI is InChI=1S/C20H29FN4O.ClH/c1-13(2)18(22)10-11-24(5)20(26)17-12-23-25(19(17)14(3)4)16-8-6-15(21)7-9-16;/h6-9,12-14,18H,10-11,22H2,1-5H3;1H. The average molecular weight is 397 g/mol. The van der Waals surface area contributed by atoms with E-state index in [0.29, 0.717) is 18.0 Å². The van der Waals surface area contributed by atoms with E-state index >= 15 is 0 Å². The first kappa shape index (κ1) is 23.1. The summed E-state index contributed by atoms with van der Waals surface area (Å²) in [5.41, 5.74) is 8.22.